The molecule has 0 aliphatic carbocycles. The Morgan fingerprint density at radius 2 is 1.67 bits per heavy atom. The van der Waals surface area contributed by atoms with Gasteiger partial charge in [-0.1, -0.05) is 58.7 Å². The van der Waals surface area contributed by atoms with Gasteiger partial charge in [0.15, 0.2) is 5.78 Å². The molecule has 9 heteroatoms. The Hall–Kier alpha value is -2.74. The SMILES string of the molecule is N#Cc1c(N)nc(SCC(=O)c2cc(Cl)cc(Cl)c2)c(C#N)c1-c1cccc(Cl)c1. The Balaban J connectivity index is 2.03. The molecular formula is C21H11Cl3N4OS. The van der Waals surface area contributed by atoms with Gasteiger partial charge < -0.3 is 5.73 Å². The summed E-state index contributed by atoms with van der Waals surface area (Å²) in [6, 6.07) is 15.4. The minimum atomic E-state index is -0.248. The van der Waals surface area contributed by atoms with Crippen molar-refractivity contribution in [3.05, 3.63) is 74.2 Å². The van der Waals surface area contributed by atoms with Crippen LogP contribution in [0.4, 0.5) is 5.82 Å². The topological polar surface area (TPSA) is 104 Å². The van der Waals surface area contributed by atoms with Crippen LogP contribution in [0, 0.1) is 22.7 Å². The van der Waals surface area contributed by atoms with Crippen molar-refractivity contribution >= 4 is 58.2 Å². The van der Waals surface area contributed by atoms with Gasteiger partial charge in [0.1, 0.15) is 28.5 Å². The van der Waals surface area contributed by atoms with E-state index >= 15 is 0 Å². The number of nitrogen functional groups attached to an aromatic ring is 1. The molecule has 2 N–H and O–H groups in total. The number of benzene rings is 2. The number of nitrogens with two attached hydrogens (primary N) is 1. The third-order valence-electron chi connectivity index (χ3n) is 4.05. The summed E-state index contributed by atoms with van der Waals surface area (Å²) in [5, 5.41) is 20.7. The first-order valence-corrected chi connectivity index (χ1v) is 10.5. The normalized spacial score (nSPS) is 10.3. The number of hydrogen-bond acceptors (Lipinski definition) is 6. The van der Waals surface area contributed by atoms with Crippen molar-refractivity contribution in [3.63, 3.8) is 0 Å². The van der Waals surface area contributed by atoms with Crippen molar-refractivity contribution in [1.82, 2.24) is 4.98 Å². The molecule has 0 fully saturated rings. The summed E-state index contributed by atoms with van der Waals surface area (Å²) >= 11 is 19.0. The second kappa shape index (κ2) is 9.38. The molecule has 0 amide bonds. The predicted molar refractivity (Wildman–Crippen MR) is 120 cm³/mol. The molecule has 3 rings (SSSR count). The number of halogens is 3. The van der Waals surface area contributed by atoms with Gasteiger partial charge in [0.25, 0.3) is 0 Å². The molecular weight excluding hydrogens is 463 g/mol. The quantitative estimate of drug-likeness (QED) is 0.359. The molecule has 0 aliphatic heterocycles. The first kappa shape index (κ1) is 22.0. The van der Waals surface area contributed by atoms with Crippen molar-refractivity contribution in [2.24, 2.45) is 0 Å². The second-order valence-corrected chi connectivity index (χ2v) is 8.30. The third kappa shape index (κ3) is 4.70. The van der Waals surface area contributed by atoms with E-state index in [1.165, 1.54) is 18.2 Å². The Morgan fingerprint density at radius 1 is 1.00 bits per heavy atom. The molecule has 0 saturated carbocycles. The average molecular weight is 474 g/mol. The zero-order valence-electron chi connectivity index (χ0n) is 15.1. The molecule has 0 radical (unpaired) electrons. The fourth-order valence-corrected chi connectivity index (χ4v) is 4.37. The molecule has 0 unspecified atom stereocenters. The van der Waals surface area contributed by atoms with E-state index < -0.39 is 0 Å². The molecule has 0 aliphatic rings. The number of ketones is 1. The van der Waals surface area contributed by atoms with Crippen molar-refractivity contribution < 1.29 is 4.79 Å². The molecule has 5 nitrogen and oxygen atoms in total. The highest BCUT2D eigenvalue weighted by Gasteiger charge is 2.21. The molecule has 0 spiro atoms. The molecule has 1 aromatic heterocycles. The van der Waals surface area contributed by atoms with Crippen LogP contribution in [-0.2, 0) is 0 Å². The Labute approximate surface area is 192 Å². The lowest BCUT2D eigenvalue weighted by atomic mass is 9.97. The minimum Gasteiger partial charge on any atom is -0.383 e. The molecule has 0 saturated heterocycles. The van der Waals surface area contributed by atoms with Crippen LogP contribution in [0.1, 0.15) is 21.5 Å². The fourth-order valence-electron chi connectivity index (χ4n) is 2.77. The van der Waals surface area contributed by atoms with Gasteiger partial charge in [0, 0.05) is 26.2 Å². The molecule has 30 heavy (non-hydrogen) atoms. The minimum absolute atomic E-state index is 0.0291. The average Bonchev–Trinajstić information content (AvgIpc) is 2.70. The van der Waals surface area contributed by atoms with Gasteiger partial charge in [-0.15, -0.1) is 0 Å². The summed E-state index contributed by atoms with van der Waals surface area (Å²) in [7, 11) is 0. The van der Waals surface area contributed by atoms with Crippen LogP contribution in [0.5, 0.6) is 0 Å². The number of hydrogen-bond donors (Lipinski definition) is 1. The van der Waals surface area contributed by atoms with Crippen molar-refractivity contribution in [2.45, 2.75) is 5.03 Å². The van der Waals surface area contributed by atoms with Crippen LogP contribution in [0.15, 0.2) is 47.5 Å². The maximum Gasteiger partial charge on any atom is 0.173 e. The first-order valence-electron chi connectivity index (χ1n) is 8.35. The van der Waals surface area contributed by atoms with E-state index in [2.05, 4.69) is 11.1 Å². The van der Waals surface area contributed by atoms with E-state index in [0.29, 0.717) is 31.8 Å². The smallest absolute Gasteiger partial charge is 0.173 e. The predicted octanol–water partition coefficient (Wildman–Crippen LogP) is 6.01. The number of nitrogens with zero attached hydrogens (tertiary/aromatic N) is 3. The van der Waals surface area contributed by atoms with Gasteiger partial charge >= 0.3 is 0 Å². The van der Waals surface area contributed by atoms with Gasteiger partial charge in [-0.3, -0.25) is 4.79 Å². The van der Waals surface area contributed by atoms with Gasteiger partial charge in [-0.2, -0.15) is 10.5 Å². The van der Waals surface area contributed by atoms with Gasteiger partial charge in [-0.25, -0.2) is 4.98 Å². The standard InChI is InChI=1S/C21H11Cl3N4OS/c22-13-3-1-2-11(4-13)19-16(8-25)20(27)28-21(17(19)9-26)30-10-18(29)12-5-14(23)7-15(24)6-12/h1-7H,10H2,(H2,27,28). The highest BCUT2D eigenvalue weighted by atomic mass is 35.5. The lowest BCUT2D eigenvalue weighted by molar-refractivity contribution is 0.102. The lowest BCUT2D eigenvalue weighted by Gasteiger charge is -2.13. The highest BCUT2D eigenvalue weighted by molar-refractivity contribution is 8.00. The van der Waals surface area contributed by atoms with Crippen LogP contribution in [0.2, 0.25) is 15.1 Å². The first-order chi connectivity index (χ1) is 14.3. The summed E-state index contributed by atoms with van der Waals surface area (Å²) in [6.07, 6.45) is 0. The van der Waals surface area contributed by atoms with E-state index in [9.17, 15) is 15.3 Å². The van der Waals surface area contributed by atoms with Crippen molar-refractivity contribution in [3.8, 4) is 23.3 Å². The molecule has 148 valence electrons. The maximum atomic E-state index is 12.6. The van der Waals surface area contributed by atoms with Gasteiger partial charge in [-0.05, 0) is 35.9 Å². The Morgan fingerprint density at radius 3 is 2.27 bits per heavy atom. The monoisotopic (exact) mass is 472 g/mol. The zero-order chi connectivity index (χ0) is 21.8. The van der Waals surface area contributed by atoms with Gasteiger partial charge in [0.05, 0.1) is 11.3 Å². The summed E-state index contributed by atoms with van der Waals surface area (Å²) in [5.41, 5.74) is 7.43. The number of carbonyl (C=O) groups excluding carboxylic acids is 1. The van der Waals surface area contributed by atoms with Crippen LogP contribution < -0.4 is 5.73 Å². The largest absolute Gasteiger partial charge is 0.383 e. The summed E-state index contributed by atoms with van der Waals surface area (Å²) < 4.78 is 0. The molecule has 2 aromatic carbocycles. The number of pyridine rings is 1. The van der Waals surface area contributed by atoms with Gasteiger partial charge in [0.2, 0.25) is 0 Å². The van der Waals surface area contributed by atoms with Crippen LogP contribution >= 0.6 is 46.6 Å². The number of thioether (sulfide) groups is 1. The third-order valence-corrected chi connectivity index (χ3v) is 5.70. The Bertz CT molecular complexity index is 1230. The number of rotatable bonds is 5. The number of carbonyl (C=O) groups is 1. The van der Waals surface area contributed by atoms with Crippen LogP contribution in [0.25, 0.3) is 11.1 Å². The zero-order valence-corrected chi connectivity index (χ0v) is 18.2. The number of Topliss-reactive ketones (excluding diaryl/α,β-unsaturated/α-hetero) is 1. The lowest BCUT2D eigenvalue weighted by Crippen LogP contribution is -2.06. The number of anilines is 1. The van der Waals surface area contributed by atoms with Crippen LogP contribution in [0.3, 0.4) is 0 Å². The van der Waals surface area contributed by atoms with E-state index in [1.54, 1.807) is 24.3 Å². The highest BCUT2D eigenvalue weighted by Crippen LogP contribution is 2.36. The maximum absolute atomic E-state index is 12.6. The summed E-state index contributed by atoms with van der Waals surface area (Å²) in [6.45, 7) is 0. The van der Waals surface area contributed by atoms with Crippen LogP contribution in [-0.4, -0.2) is 16.5 Å². The van der Waals surface area contributed by atoms with E-state index in [0.717, 1.165) is 11.8 Å². The molecule has 3 aromatic rings. The number of nitriles is 2. The summed E-state index contributed by atoms with van der Waals surface area (Å²) in [4.78, 5) is 16.8. The second-order valence-electron chi connectivity index (χ2n) is 6.03. The molecule has 0 bridgehead atoms. The Kier molecular flexibility index (Phi) is 6.87. The van der Waals surface area contributed by atoms with E-state index in [1.807, 2.05) is 6.07 Å². The van der Waals surface area contributed by atoms with E-state index in [-0.39, 0.29) is 33.5 Å². The molecule has 0 atom stereocenters. The van der Waals surface area contributed by atoms with Crippen molar-refractivity contribution in [2.75, 3.05) is 11.5 Å². The molecule has 1 heterocycles. The van der Waals surface area contributed by atoms with E-state index in [4.69, 9.17) is 40.5 Å². The summed E-state index contributed by atoms with van der Waals surface area (Å²) in [5.74, 6) is -0.312. The number of aromatic nitrogens is 1. The van der Waals surface area contributed by atoms with Crippen molar-refractivity contribution in [1.29, 1.82) is 10.5 Å². The fraction of sp³-hybridized carbons (Fsp3) is 0.0476.